The fourth-order valence-electron chi connectivity index (χ4n) is 1.90. The second kappa shape index (κ2) is 8.25. The van der Waals surface area contributed by atoms with Gasteiger partial charge in [-0.2, -0.15) is 0 Å². The lowest BCUT2D eigenvalue weighted by Crippen LogP contribution is -2.95. The van der Waals surface area contributed by atoms with Crippen LogP contribution in [0.1, 0.15) is 37.8 Å². The number of nitrogens with two attached hydrogens (primary N) is 2. The summed E-state index contributed by atoms with van der Waals surface area (Å²) in [5.41, 5.74) is 2.79. The van der Waals surface area contributed by atoms with E-state index in [4.69, 9.17) is 5.11 Å². The van der Waals surface area contributed by atoms with Crippen molar-refractivity contribution in [3.05, 3.63) is 35.4 Å². The molecule has 0 saturated carbocycles. The van der Waals surface area contributed by atoms with Crippen molar-refractivity contribution in [2.24, 2.45) is 0 Å². The van der Waals surface area contributed by atoms with Crippen LogP contribution >= 0.6 is 0 Å². The van der Waals surface area contributed by atoms with E-state index in [1.807, 2.05) is 6.92 Å². The molecule has 1 rings (SSSR count). The Labute approximate surface area is 111 Å². The third kappa shape index (κ3) is 6.15. The van der Waals surface area contributed by atoms with Gasteiger partial charge in [-0.3, -0.25) is 0 Å². The molecule has 18 heavy (non-hydrogen) atoms. The SMILES string of the molecule is CC(C)c1ccc(C[NH2+]CC[NH2+]C[C@@H](C)O)cc1. The zero-order valence-electron chi connectivity index (χ0n) is 11.9. The first kappa shape index (κ1) is 15.2. The minimum absolute atomic E-state index is 0.200. The van der Waals surface area contributed by atoms with E-state index >= 15 is 0 Å². The second-order valence-electron chi connectivity index (χ2n) is 5.34. The third-order valence-corrected chi connectivity index (χ3v) is 3.11. The van der Waals surface area contributed by atoms with E-state index in [9.17, 15) is 0 Å². The number of aliphatic hydroxyl groups excluding tert-OH is 1. The van der Waals surface area contributed by atoms with Crippen molar-refractivity contribution >= 4 is 0 Å². The molecule has 0 aliphatic carbocycles. The quantitative estimate of drug-likeness (QED) is 0.552. The lowest BCUT2D eigenvalue weighted by molar-refractivity contribution is -0.733. The summed E-state index contributed by atoms with van der Waals surface area (Å²) in [4.78, 5) is 0. The van der Waals surface area contributed by atoms with Gasteiger partial charge in [-0.25, -0.2) is 0 Å². The van der Waals surface area contributed by atoms with Gasteiger partial charge in [0, 0.05) is 5.56 Å². The van der Waals surface area contributed by atoms with Crippen LogP contribution in [-0.4, -0.2) is 30.8 Å². The highest BCUT2D eigenvalue weighted by atomic mass is 16.3. The number of hydrogen-bond donors (Lipinski definition) is 3. The van der Waals surface area contributed by atoms with Crippen LogP contribution < -0.4 is 10.6 Å². The highest BCUT2D eigenvalue weighted by Crippen LogP contribution is 2.13. The van der Waals surface area contributed by atoms with Crippen molar-refractivity contribution in [1.29, 1.82) is 0 Å². The molecule has 0 saturated heterocycles. The monoisotopic (exact) mass is 252 g/mol. The molecule has 0 aliphatic heterocycles. The van der Waals surface area contributed by atoms with Gasteiger partial charge < -0.3 is 15.7 Å². The molecule has 1 aromatic rings. The van der Waals surface area contributed by atoms with Crippen LogP contribution in [0.5, 0.6) is 0 Å². The Hall–Kier alpha value is -0.900. The van der Waals surface area contributed by atoms with Crippen molar-refractivity contribution in [3.63, 3.8) is 0 Å². The molecule has 0 bridgehead atoms. The average molecular weight is 252 g/mol. The molecule has 0 unspecified atom stereocenters. The van der Waals surface area contributed by atoms with Crippen LogP contribution in [0.3, 0.4) is 0 Å². The minimum Gasteiger partial charge on any atom is -0.388 e. The van der Waals surface area contributed by atoms with Gasteiger partial charge in [-0.15, -0.1) is 0 Å². The molecule has 102 valence electrons. The Bertz CT molecular complexity index is 320. The van der Waals surface area contributed by atoms with Gasteiger partial charge in [0.25, 0.3) is 0 Å². The van der Waals surface area contributed by atoms with Crippen LogP contribution in [0.25, 0.3) is 0 Å². The van der Waals surface area contributed by atoms with Crippen LogP contribution in [0.2, 0.25) is 0 Å². The van der Waals surface area contributed by atoms with E-state index in [1.165, 1.54) is 11.1 Å². The van der Waals surface area contributed by atoms with Crippen molar-refractivity contribution in [3.8, 4) is 0 Å². The Kier molecular flexibility index (Phi) is 6.94. The number of benzene rings is 1. The molecule has 1 aromatic carbocycles. The van der Waals surface area contributed by atoms with E-state index in [-0.39, 0.29) is 6.10 Å². The summed E-state index contributed by atoms with van der Waals surface area (Å²) < 4.78 is 0. The maximum Gasteiger partial charge on any atom is 0.125 e. The van der Waals surface area contributed by atoms with Gasteiger partial charge in [0.15, 0.2) is 0 Å². The predicted octanol–water partition coefficient (Wildman–Crippen LogP) is -0.182. The van der Waals surface area contributed by atoms with Crippen molar-refractivity contribution < 1.29 is 15.7 Å². The van der Waals surface area contributed by atoms with Crippen molar-refractivity contribution in [2.45, 2.75) is 39.3 Å². The van der Waals surface area contributed by atoms with E-state index < -0.39 is 0 Å². The summed E-state index contributed by atoms with van der Waals surface area (Å²) in [6.45, 7) is 10.3. The average Bonchev–Trinajstić information content (AvgIpc) is 2.34. The van der Waals surface area contributed by atoms with Crippen LogP contribution in [-0.2, 0) is 6.54 Å². The van der Waals surface area contributed by atoms with Crippen molar-refractivity contribution in [1.82, 2.24) is 0 Å². The molecule has 0 amide bonds. The van der Waals surface area contributed by atoms with Gasteiger partial charge in [-0.05, 0) is 18.4 Å². The lowest BCUT2D eigenvalue weighted by atomic mass is 10.0. The fraction of sp³-hybridized carbons (Fsp3) is 0.600. The molecule has 0 heterocycles. The molecule has 0 aromatic heterocycles. The largest absolute Gasteiger partial charge is 0.388 e. The first-order chi connectivity index (χ1) is 8.59. The van der Waals surface area contributed by atoms with Gasteiger partial charge in [-0.1, -0.05) is 38.1 Å². The molecule has 3 heteroatoms. The summed E-state index contributed by atoms with van der Waals surface area (Å²) in [6, 6.07) is 8.91. The molecule has 0 aliphatic rings. The number of rotatable bonds is 8. The smallest absolute Gasteiger partial charge is 0.125 e. The molecule has 1 atom stereocenters. The fourth-order valence-corrected chi connectivity index (χ4v) is 1.90. The Balaban J connectivity index is 2.15. The van der Waals surface area contributed by atoms with Crippen LogP contribution in [0, 0.1) is 0 Å². The number of quaternary nitrogens is 2. The Morgan fingerprint density at radius 3 is 2.17 bits per heavy atom. The highest BCUT2D eigenvalue weighted by molar-refractivity contribution is 5.23. The summed E-state index contributed by atoms with van der Waals surface area (Å²) >= 11 is 0. The third-order valence-electron chi connectivity index (χ3n) is 3.11. The molecule has 0 spiro atoms. The van der Waals surface area contributed by atoms with Gasteiger partial charge in [0.1, 0.15) is 26.2 Å². The van der Waals surface area contributed by atoms with Gasteiger partial charge in [0.2, 0.25) is 0 Å². The molecule has 3 nitrogen and oxygen atoms in total. The summed E-state index contributed by atoms with van der Waals surface area (Å²) in [6.07, 6.45) is -0.200. The summed E-state index contributed by atoms with van der Waals surface area (Å²) in [5.74, 6) is 0.609. The van der Waals surface area contributed by atoms with Crippen molar-refractivity contribution in [2.75, 3.05) is 19.6 Å². The minimum atomic E-state index is -0.200. The molecular weight excluding hydrogens is 224 g/mol. The van der Waals surface area contributed by atoms with E-state index in [0.717, 1.165) is 26.2 Å². The first-order valence-corrected chi connectivity index (χ1v) is 7.00. The predicted molar refractivity (Wildman–Crippen MR) is 74.4 cm³/mol. The van der Waals surface area contributed by atoms with E-state index in [1.54, 1.807) is 0 Å². The van der Waals surface area contributed by atoms with Gasteiger partial charge in [0.05, 0.1) is 6.10 Å². The normalized spacial score (nSPS) is 12.9. The molecule has 5 N–H and O–H groups in total. The number of aliphatic hydroxyl groups is 1. The van der Waals surface area contributed by atoms with Crippen LogP contribution in [0.15, 0.2) is 24.3 Å². The number of hydrogen-bond acceptors (Lipinski definition) is 1. The van der Waals surface area contributed by atoms with Gasteiger partial charge >= 0.3 is 0 Å². The summed E-state index contributed by atoms with van der Waals surface area (Å²) in [5, 5.41) is 13.6. The summed E-state index contributed by atoms with van der Waals surface area (Å²) in [7, 11) is 0. The van der Waals surface area contributed by atoms with E-state index in [0.29, 0.717) is 5.92 Å². The highest BCUT2D eigenvalue weighted by Gasteiger charge is 2.01. The molecule has 0 fully saturated rings. The second-order valence-corrected chi connectivity index (χ2v) is 5.34. The first-order valence-electron chi connectivity index (χ1n) is 7.00. The zero-order valence-corrected chi connectivity index (χ0v) is 11.9. The standard InChI is InChI=1S/C15H26N2O/c1-12(2)15-6-4-14(5-7-15)11-17-9-8-16-10-13(3)18/h4-7,12-13,16-18H,8-11H2,1-3H3/p+2/t13-/m1/s1. The topological polar surface area (TPSA) is 53.5 Å². The lowest BCUT2D eigenvalue weighted by Gasteiger charge is -2.07. The maximum absolute atomic E-state index is 9.12. The molecular formula is C15H28N2O+2. The molecule has 0 radical (unpaired) electrons. The van der Waals surface area contributed by atoms with E-state index in [2.05, 4.69) is 48.7 Å². The Morgan fingerprint density at radius 2 is 1.61 bits per heavy atom. The zero-order chi connectivity index (χ0) is 13.4. The Morgan fingerprint density at radius 1 is 1.00 bits per heavy atom. The van der Waals surface area contributed by atoms with Crippen LogP contribution in [0.4, 0.5) is 0 Å². The maximum atomic E-state index is 9.12.